The lowest BCUT2D eigenvalue weighted by atomic mass is 10.1. The molecule has 10 heteroatoms. The lowest BCUT2D eigenvalue weighted by Crippen LogP contribution is -2.48. The molecule has 1 aliphatic rings. The third-order valence-electron chi connectivity index (χ3n) is 5.12. The summed E-state index contributed by atoms with van der Waals surface area (Å²) in [6.45, 7) is 3.57. The van der Waals surface area contributed by atoms with Crippen LogP contribution in [-0.4, -0.2) is 67.5 Å². The summed E-state index contributed by atoms with van der Waals surface area (Å²) in [6.07, 6.45) is 1.93. The number of nitro groups is 1. The largest absolute Gasteiger partial charge is 0.353 e. The number of aromatic nitrogens is 1. The Hall–Kier alpha value is -2.27. The molecule has 0 saturated carbocycles. The first-order chi connectivity index (χ1) is 13.3. The van der Waals surface area contributed by atoms with Crippen LogP contribution in [0.5, 0.6) is 0 Å². The topological polar surface area (TPSA) is 101 Å². The normalized spacial score (nSPS) is 17.5. The molecule has 1 N–H and O–H groups in total. The van der Waals surface area contributed by atoms with E-state index in [0.717, 1.165) is 31.9 Å². The number of nitrogens with one attached hydrogen (secondary N) is 1. The Morgan fingerprint density at radius 3 is 2.39 bits per heavy atom. The molecule has 2 heterocycles. The van der Waals surface area contributed by atoms with Crippen molar-refractivity contribution in [3.8, 4) is 0 Å². The summed E-state index contributed by atoms with van der Waals surface area (Å²) in [7, 11) is -0.0352. The molecular weight excluding hydrogens is 382 g/mol. The molecule has 1 saturated heterocycles. The molecule has 0 bridgehead atoms. The third-order valence-corrected chi connectivity index (χ3v) is 6.59. The van der Waals surface area contributed by atoms with Crippen LogP contribution in [0.3, 0.4) is 0 Å². The molecule has 152 valence electrons. The van der Waals surface area contributed by atoms with Gasteiger partial charge in [-0.05, 0) is 25.2 Å². The van der Waals surface area contributed by atoms with Gasteiger partial charge in [-0.1, -0.05) is 12.1 Å². The van der Waals surface area contributed by atoms with Crippen molar-refractivity contribution in [2.24, 2.45) is 7.05 Å². The van der Waals surface area contributed by atoms with Crippen LogP contribution in [0.15, 0.2) is 47.5 Å². The molecule has 0 aliphatic carbocycles. The van der Waals surface area contributed by atoms with Gasteiger partial charge in [0.25, 0.3) is 5.69 Å². The number of para-hydroxylation sites is 1. The molecule has 1 atom stereocenters. The van der Waals surface area contributed by atoms with Crippen LogP contribution in [0.4, 0.5) is 5.69 Å². The van der Waals surface area contributed by atoms with Crippen molar-refractivity contribution in [3.05, 3.63) is 58.4 Å². The Kier molecular flexibility index (Phi) is 6.14. The van der Waals surface area contributed by atoms with Crippen LogP contribution in [0.1, 0.15) is 11.7 Å². The van der Waals surface area contributed by atoms with E-state index in [-0.39, 0.29) is 17.5 Å². The van der Waals surface area contributed by atoms with E-state index < -0.39 is 20.6 Å². The van der Waals surface area contributed by atoms with Crippen LogP contribution < -0.4 is 4.72 Å². The van der Waals surface area contributed by atoms with Crippen LogP contribution >= 0.6 is 0 Å². The van der Waals surface area contributed by atoms with Crippen LogP contribution in [0.2, 0.25) is 0 Å². The van der Waals surface area contributed by atoms with Gasteiger partial charge in [-0.15, -0.1) is 0 Å². The zero-order chi connectivity index (χ0) is 20.3. The number of sulfonamides is 1. The van der Waals surface area contributed by atoms with E-state index in [0.29, 0.717) is 0 Å². The molecule has 1 aromatic carbocycles. The fraction of sp³-hybridized carbons (Fsp3) is 0.444. The first-order valence-electron chi connectivity index (χ1n) is 9.06. The van der Waals surface area contributed by atoms with Crippen molar-refractivity contribution in [3.63, 3.8) is 0 Å². The Labute approximate surface area is 164 Å². The van der Waals surface area contributed by atoms with Gasteiger partial charge in [0, 0.05) is 57.7 Å². The number of benzene rings is 1. The Morgan fingerprint density at radius 2 is 1.79 bits per heavy atom. The number of piperazine rings is 1. The molecular formula is C18H25N5O4S. The van der Waals surface area contributed by atoms with E-state index in [1.54, 1.807) is 0 Å². The van der Waals surface area contributed by atoms with E-state index in [4.69, 9.17) is 0 Å². The molecule has 9 nitrogen and oxygen atoms in total. The second-order valence-electron chi connectivity index (χ2n) is 6.98. The maximum atomic E-state index is 12.8. The van der Waals surface area contributed by atoms with Crippen molar-refractivity contribution >= 4 is 15.7 Å². The zero-order valence-corrected chi connectivity index (χ0v) is 16.8. The summed E-state index contributed by atoms with van der Waals surface area (Å²) in [5.74, 6) is 0. The number of nitro benzene ring substituents is 1. The molecule has 1 unspecified atom stereocenters. The molecule has 0 spiro atoms. The number of hydrogen-bond acceptors (Lipinski definition) is 6. The summed E-state index contributed by atoms with van der Waals surface area (Å²) in [6, 6.07) is 9.13. The van der Waals surface area contributed by atoms with Crippen molar-refractivity contribution in [1.82, 2.24) is 19.1 Å². The van der Waals surface area contributed by atoms with Crippen LogP contribution in [0, 0.1) is 10.1 Å². The number of hydrogen-bond donors (Lipinski definition) is 1. The Bertz CT molecular complexity index is 935. The van der Waals surface area contributed by atoms with E-state index in [9.17, 15) is 18.5 Å². The monoisotopic (exact) mass is 407 g/mol. The molecule has 1 aromatic heterocycles. The maximum absolute atomic E-state index is 12.8. The van der Waals surface area contributed by atoms with Crippen LogP contribution in [-0.2, 0) is 17.1 Å². The molecule has 3 rings (SSSR count). The van der Waals surface area contributed by atoms with Gasteiger partial charge in [0.2, 0.25) is 10.0 Å². The SMILES string of the molecule is CN1CCN(C(CNS(=O)(=O)c2ccccc2[N+](=O)[O-])c2cccn2C)CC1. The summed E-state index contributed by atoms with van der Waals surface area (Å²) in [4.78, 5) is 14.7. The third kappa shape index (κ3) is 4.41. The van der Waals surface area contributed by atoms with Crippen molar-refractivity contribution < 1.29 is 13.3 Å². The van der Waals surface area contributed by atoms with E-state index in [1.165, 1.54) is 24.3 Å². The highest BCUT2D eigenvalue weighted by atomic mass is 32.2. The van der Waals surface area contributed by atoms with Crippen molar-refractivity contribution in [2.45, 2.75) is 10.9 Å². The second-order valence-corrected chi connectivity index (χ2v) is 8.71. The molecule has 2 aromatic rings. The number of aryl methyl sites for hydroxylation is 1. The predicted octanol–water partition coefficient (Wildman–Crippen LogP) is 1.20. The smallest absolute Gasteiger partial charge is 0.289 e. The molecule has 0 amide bonds. The first-order valence-corrected chi connectivity index (χ1v) is 10.5. The molecule has 1 aliphatic heterocycles. The quantitative estimate of drug-likeness (QED) is 0.547. The standard InChI is InChI=1S/C18H25N5O4S/c1-20-10-12-22(13-11-20)17(15-7-5-9-21(15)2)14-19-28(26,27)18-8-4-3-6-16(18)23(24)25/h3-9,17,19H,10-14H2,1-2H3. The van der Waals surface area contributed by atoms with Gasteiger partial charge >= 0.3 is 0 Å². The fourth-order valence-electron chi connectivity index (χ4n) is 3.48. The Balaban J connectivity index is 1.84. The minimum absolute atomic E-state index is 0.135. The zero-order valence-electron chi connectivity index (χ0n) is 16.0. The second kappa shape index (κ2) is 8.39. The maximum Gasteiger partial charge on any atom is 0.289 e. The van der Waals surface area contributed by atoms with Gasteiger partial charge in [-0.25, -0.2) is 13.1 Å². The Morgan fingerprint density at radius 1 is 1.11 bits per heavy atom. The summed E-state index contributed by atoms with van der Waals surface area (Å²) < 4.78 is 30.2. The summed E-state index contributed by atoms with van der Waals surface area (Å²) in [5, 5.41) is 11.2. The van der Waals surface area contributed by atoms with Gasteiger partial charge in [0.1, 0.15) is 0 Å². The first kappa shape index (κ1) is 20.5. The summed E-state index contributed by atoms with van der Waals surface area (Å²) in [5.41, 5.74) is 0.569. The summed E-state index contributed by atoms with van der Waals surface area (Å²) >= 11 is 0. The van der Waals surface area contributed by atoms with Crippen LogP contribution in [0.25, 0.3) is 0 Å². The highest BCUT2D eigenvalue weighted by Crippen LogP contribution is 2.25. The lowest BCUT2D eigenvalue weighted by molar-refractivity contribution is -0.387. The number of nitrogens with zero attached hydrogens (tertiary/aromatic N) is 4. The van der Waals surface area contributed by atoms with Crippen molar-refractivity contribution in [1.29, 1.82) is 0 Å². The average Bonchev–Trinajstić information content (AvgIpc) is 3.09. The fourth-order valence-corrected chi connectivity index (χ4v) is 4.68. The van der Waals surface area contributed by atoms with Gasteiger partial charge in [0.15, 0.2) is 4.90 Å². The molecule has 0 radical (unpaired) electrons. The minimum atomic E-state index is -4.02. The lowest BCUT2D eigenvalue weighted by Gasteiger charge is -2.38. The van der Waals surface area contributed by atoms with Gasteiger partial charge in [-0.2, -0.15) is 0 Å². The highest BCUT2D eigenvalue weighted by Gasteiger charge is 2.30. The van der Waals surface area contributed by atoms with E-state index in [2.05, 4.69) is 21.6 Å². The van der Waals surface area contributed by atoms with Crippen molar-refractivity contribution in [2.75, 3.05) is 39.8 Å². The van der Waals surface area contributed by atoms with Gasteiger partial charge in [0.05, 0.1) is 11.0 Å². The van der Waals surface area contributed by atoms with Gasteiger partial charge < -0.3 is 9.47 Å². The molecule has 1 fully saturated rings. The number of rotatable bonds is 7. The number of likely N-dealkylation sites (N-methyl/N-ethyl adjacent to an activating group) is 1. The van der Waals surface area contributed by atoms with E-state index in [1.807, 2.05) is 29.9 Å². The predicted molar refractivity (Wildman–Crippen MR) is 106 cm³/mol. The minimum Gasteiger partial charge on any atom is -0.353 e. The highest BCUT2D eigenvalue weighted by molar-refractivity contribution is 7.89. The molecule has 28 heavy (non-hydrogen) atoms. The van der Waals surface area contributed by atoms with Gasteiger partial charge in [-0.3, -0.25) is 15.0 Å². The van der Waals surface area contributed by atoms with E-state index >= 15 is 0 Å². The average molecular weight is 407 g/mol.